The summed E-state index contributed by atoms with van der Waals surface area (Å²) in [5, 5.41) is 4.27. The van der Waals surface area contributed by atoms with Gasteiger partial charge in [-0.1, -0.05) is 133 Å². The Morgan fingerprint density at radius 3 is 1.93 bits per heavy atom. The minimum Gasteiger partial charge on any atom is -0.352 e. The molecule has 0 aliphatic heterocycles. The van der Waals surface area contributed by atoms with Gasteiger partial charge < -0.3 is 10.2 Å². The third kappa shape index (κ3) is 7.81. The highest BCUT2D eigenvalue weighted by atomic mass is 35.5. The van der Waals surface area contributed by atoms with E-state index in [0.717, 1.165) is 47.9 Å². The lowest BCUT2D eigenvalue weighted by atomic mass is 9.87. The Hall–Kier alpha value is -3.60. The van der Waals surface area contributed by atoms with Gasteiger partial charge in [0, 0.05) is 41.4 Å². The van der Waals surface area contributed by atoms with Gasteiger partial charge in [-0.3, -0.25) is 9.59 Å². The summed E-state index contributed by atoms with van der Waals surface area (Å²) in [6, 6.07) is 34.8. The number of carbonyl (C=O) groups excluding carboxylic acids is 2. The first-order valence-electron chi connectivity index (χ1n) is 14.7. The number of nitrogens with zero attached hydrogens (tertiary/aromatic N) is 1. The minimum absolute atomic E-state index is 0.110. The van der Waals surface area contributed by atoms with E-state index in [0.29, 0.717) is 16.5 Å². The van der Waals surface area contributed by atoms with Crippen molar-refractivity contribution in [2.45, 2.75) is 63.1 Å². The van der Waals surface area contributed by atoms with Gasteiger partial charge in [0.05, 0.1) is 0 Å². The molecule has 0 radical (unpaired) electrons. The maximum absolute atomic E-state index is 14.5. The van der Waals surface area contributed by atoms with E-state index in [2.05, 4.69) is 29.6 Å². The maximum atomic E-state index is 14.5. The second-order valence-electron chi connectivity index (χ2n) is 11.0. The molecule has 42 heavy (non-hydrogen) atoms. The molecule has 1 aliphatic rings. The summed E-state index contributed by atoms with van der Waals surface area (Å²) in [6.07, 6.45) is 4.74. The zero-order chi connectivity index (χ0) is 29.3. The van der Waals surface area contributed by atoms with Crippen LogP contribution in [0.2, 0.25) is 10.0 Å². The van der Waals surface area contributed by atoms with Gasteiger partial charge in [0.25, 0.3) is 0 Å². The van der Waals surface area contributed by atoms with Crippen LogP contribution in [0.5, 0.6) is 0 Å². The number of rotatable bonds is 11. The fraction of sp³-hybridized carbons (Fsp3) is 0.278. The van der Waals surface area contributed by atoms with Gasteiger partial charge >= 0.3 is 0 Å². The molecule has 0 heterocycles. The zero-order valence-corrected chi connectivity index (χ0v) is 25.1. The van der Waals surface area contributed by atoms with Crippen LogP contribution in [0.15, 0.2) is 109 Å². The molecule has 0 spiro atoms. The van der Waals surface area contributed by atoms with Crippen molar-refractivity contribution in [1.82, 2.24) is 10.2 Å². The average molecular weight is 600 g/mol. The fourth-order valence-corrected chi connectivity index (χ4v) is 6.31. The van der Waals surface area contributed by atoms with Crippen LogP contribution >= 0.6 is 23.2 Å². The predicted octanol–water partition coefficient (Wildman–Crippen LogP) is 8.21. The SMILES string of the molecule is O=C(NC1CCCC1)[C@H](Cc1ccccc1)N(Cc1ccc(Cl)cc1Cl)C(=O)CC(c1ccccc1)c1ccccc1. The fourth-order valence-electron chi connectivity index (χ4n) is 5.85. The van der Waals surface area contributed by atoms with Crippen molar-refractivity contribution in [2.75, 3.05) is 0 Å². The largest absolute Gasteiger partial charge is 0.352 e. The number of hydrogen-bond acceptors (Lipinski definition) is 2. The lowest BCUT2D eigenvalue weighted by Crippen LogP contribution is -2.52. The van der Waals surface area contributed by atoms with Gasteiger partial charge in [-0.15, -0.1) is 0 Å². The second kappa shape index (κ2) is 14.5. The van der Waals surface area contributed by atoms with Gasteiger partial charge in [0.15, 0.2) is 0 Å². The first-order valence-corrected chi connectivity index (χ1v) is 15.4. The molecule has 216 valence electrons. The molecule has 0 aromatic heterocycles. The van der Waals surface area contributed by atoms with E-state index in [9.17, 15) is 9.59 Å². The minimum atomic E-state index is -0.709. The summed E-state index contributed by atoms with van der Waals surface area (Å²) >= 11 is 12.8. The van der Waals surface area contributed by atoms with E-state index in [-0.39, 0.29) is 36.7 Å². The second-order valence-corrected chi connectivity index (χ2v) is 11.9. The summed E-state index contributed by atoms with van der Waals surface area (Å²) in [7, 11) is 0. The van der Waals surface area contributed by atoms with Crippen LogP contribution < -0.4 is 5.32 Å². The van der Waals surface area contributed by atoms with Crippen molar-refractivity contribution in [3.8, 4) is 0 Å². The van der Waals surface area contributed by atoms with Crippen LogP contribution in [0.3, 0.4) is 0 Å². The molecule has 1 atom stereocenters. The first-order chi connectivity index (χ1) is 20.5. The third-order valence-electron chi connectivity index (χ3n) is 8.11. The molecule has 4 aromatic rings. The molecule has 6 heteroatoms. The number of hydrogen-bond donors (Lipinski definition) is 1. The Bertz CT molecular complexity index is 1420. The molecule has 0 bridgehead atoms. The lowest BCUT2D eigenvalue weighted by Gasteiger charge is -2.34. The summed E-state index contributed by atoms with van der Waals surface area (Å²) < 4.78 is 0. The Morgan fingerprint density at radius 1 is 0.786 bits per heavy atom. The van der Waals surface area contributed by atoms with Gasteiger partial charge in [-0.05, 0) is 47.2 Å². The highest BCUT2D eigenvalue weighted by molar-refractivity contribution is 6.35. The number of amides is 2. The highest BCUT2D eigenvalue weighted by Gasteiger charge is 2.34. The molecule has 1 fully saturated rings. The van der Waals surface area contributed by atoms with Crippen LogP contribution in [0.25, 0.3) is 0 Å². The molecule has 1 aliphatic carbocycles. The van der Waals surface area contributed by atoms with E-state index >= 15 is 0 Å². The maximum Gasteiger partial charge on any atom is 0.243 e. The van der Waals surface area contributed by atoms with E-state index in [1.165, 1.54) is 0 Å². The Labute approximate surface area is 258 Å². The summed E-state index contributed by atoms with van der Waals surface area (Å²) in [6.45, 7) is 0.195. The summed E-state index contributed by atoms with van der Waals surface area (Å²) in [5.41, 5.74) is 3.84. The summed E-state index contributed by atoms with van der Waals surface area (Å²) in [5.74, 6) is -0.403. The molecule has 0 saturated heterocycles. The van der Waals surface area contributed by atoms with E-state index in [1.54, 1.807) is 17.0 Å². The van der Waals surface area contributed by atoms with E-state index in [1.807, 2.05) is 72.8 Å². The van der Waals surface area contributed by atoms with Crippen molar-refractivity contribution in [3.63, 3.8) is 0 Å². The molecule has 5 rings (SSSR count). The predicted molar refractivity (Wildman–Crippen MR) is 171 cm³/mol. The van der Waals surface area contributed by atoms with Crippen LogP contribution in [0, 0.1) is 0 Å². The molecule has 0 unspecified atom stereocenters. The molecular formula is C36H36Cl2N2O2. The molecule has 4 nitrogen and oxygen atoms in total. The Kier molecular flexibility index (Phi) is 10.3. The highest BCUT2D eigenvalue weighted by Crippen LogP contribution is 2.31. The topological polar surface area (TPSA) is 49.4 Å². The molecule has 1 N–H and O–H groups in total. The van der Waals surface area contributed by atoms with Crippen LogP contribution in [-0.2, 0) is 22.6 Å². The standard InChI is InChI=1S/C36H36Cl2N2O2/c37-30-21-20-29(33(38)23-30)25-40(34(22-26-12-4-1-5-13-26)36(42)39-31-18-10-11-19-31)35(41)24-32(27-14-6-2-7-15-27)28-16-8-3-9-17-28/h1-9,12-17,20-21,23,31-32,34H,10-11,18-19,22,24-25H2,(H,39,42)/t34-/m0/s1. The molecule has 1 saturated carbocycles. The van der Waals surface area contributed by atoms with Gasteiger partial charge in [0.2, 0.25) is 11.8 Å². The first kappa shape index (κ1) is 29.9. The monoisotopic (exact) mass is 598 g/mol. The molecule has 2 amide bonds. The van der Waals surface area contributed by atoms with Gasteiger partial charge in [-0.2, -0.15) is 0 Å². The van der Waals surface area contributed by atoms with Crippen molar-refractivity contribution >= 4 is 35.0 Å². The number of halogens is 2. The lowest BCUT2D eigenvalue weighted by molar-refractivity contribution is -0.141. The number of benzene rings is 4. The van der Waals surface area contributed by atoms with Gasteiger partial charge in [0.1, 0.15) is 6.04 Å². The quantitative estimate of drug-likeness (QED) is 0.189. The zero-order valence-electron chi connectivity index (χ0n) is 23.6. The third-order valence-corrected chi connectivity index (χ3v) is 8.70. The van der Waals surface area contributed by atoms with Crippen molar-refractivity contribution < 1.29 is 9.59 Å². The van der Waals surface area contributed by atoms with Crippen molar-refractivity contribution in [2.24, 2.45) is 0 Å². The van der Waals surface area contributed by atoms with Crippen molar-refractivity contribution in [3.05, 3.63) is 141 Å². The van der Waals surface area contributed by atoms with E-state index in [4.69, 9.17) is 23.2 Å². The summed E-state index contributed by atoms with van der Waals surface area (Å²) in [4.78, 5) is 30.3. The van der Waals surface area contributed by atoms with Crippen LogP contribution in [0.4, 0.5) is 0 Å². The average Bonchev–Trinajstić information content (AvgIpc) is 3.53. The number of nitrogens with one attached hydrogen (secondary N) is 1. The van der Waals surface area contributed by atoms with E-state index < -0.39 is 6.04 Å². The number of carbonyl (C=O) groups is 2. The van der Waals surface area contributed by atoms with Crippen molar-refractivity contribution in [1.29, 1.82) is 0 Å². The molecule has 4 aromatic carbocycles. The normalized spacial score (nSPS) is 14.1. The van der Waals surface area contributed by atoms with Gasteiger partial charge in [-0.25, -0.2) is 0 Å². The smallest absolute Gasteiger partial charge is 0.243 e. The van der Waals surface area contributed by atoms with Crippen LogP contribution in [0.1, 0.15) is 60.3 Å². The Morgan fingerprint density at radius 2 is 1.36 bits per heavy atom. The molecular weight excluding hydrogens is 563 g/mol. The Balaban J connectivity index is 1.53. The van der Waals surface area contributed by atoms with Crippen LogP contribution in [-0.4, -0.2) is 28.8 Å².